The summed E-state index contributed by atoms with van der Waals surface area (Å²) in [6.07, 6.45) is 2.10. The van der Waals surface area contributed by atoms with Gasteiger partial charge in [0.25, 0.3) is 0 Å². The molecule has 1 aromatic rings. The van der Waals surface area contributed by atoms with Crippen LogP contribution in [0.3, 0.4) is 0 Å². The summed E-state index contributed by atoms with van der Waals surface area (Å²) in [4.78, 5) is 11.7. The number of nitrogens with one attached hydrogen (secondary N) is 1. The van der Waals surface area contributed by atoms with Crippen molar-refractivity contribution in [3.05, 3.63) is 17.0 Å². The molecule has 3 N–H and O–H groups in total. The summed E-state index contributed by atoms with van der Waals surface area (Å²) in [5.41, 5.74) is 7.33. The van der Waals surface area contributed by atoms with Crippen molar-refractivity contribution < 1.29 is 9.32 Å². The van der Waals surface area contributed by atoms with Gasteiger partial charge in [0.05, 0.1) is 12.1 Å². The van der Waals surface area contributed by atoms with Gasteiger partial charge in [0.1, 0.15) is 5.76 Å². The van der Waals surface area contributed by atoms with Gasteiger partial charge in [0.2, 0.25) is 5.91 Å². The van der Waals surface area contributed by atoms with Gasteiger partial charge in [-0.25, -0.2) is 0 Å². The Labute approximate surface area is 94.4 Å². The van der Waals surface area contributed by atoms with Gasteiger partial charge in [-0.1, -0.05) is 5.16 Å². The Kier molecular flexibility index (Phi) is 2.96. The molecular weight excluding hydrogens is 206 g/mol. The molecule has 88 valence electrons. The number of carbonyl (C=O) groups excluding carboxylic acids is 1. The Hall–Kier alpha value is -1.36. The standard InChI is InChI=1S/C11H17N3O2/c1-6-10(7(2)16-14-6)5-11(15)13-9-3-8(12)4-9/h8-9H,3-5,12H2,1-2H3,(H,13,15). The number of hydrogen-bond acceptors (Lipinski definition) is 4. The normalized spacial score (nSPS) is 23.9. The van der Waals surface area contributed by atoms with Crippen molar-refractivity contribution in [1.82, 2.24) is 10.5 Å². The van der Waals surface area contributed by atoms with Gasteiger partial charge in [-0.05, 0) is 26.7 Å². The molecule has 5 nitrogen and oxygen atoms in total. The lowest BCUT2D eigenvalue weighted by molar-refractivity contribution is -0.121. The highest BCUT2D eigenvalue weighted by atomic mass is 16.5. The van der Waals surface area contributed by atoms with Gasteiger partial charge in [0.15, 0.2) is 0 Å². The zero-order valence-electron chi connectivity index (χ0n) is 9.62. The summed E-state index contributed by atoms with van der Waals surface area (Å²) >= 11 is 0. The van der Waals surface area contributed by atoms with E-state index < -0.39 is 0 Å². The SMILES string of the molecule is Cc1noc(C)c1CC(=O)NC1CC(N)C1. The van der Waals surface area contributed by atoms with Crippen LogP contribution in [0.15, 0.2) is 4.52 Å². The first-order valence-corrected chi connectivity index (χ1v) is 5.53. The van der Waals surface area contributed by atoms with Gasteiger partial charge in [-0.15, -0.1) is 0 Å². The Balaban J connectivity index is 1.88. The third-order valence-electron chi connectivity index (χ3n) is 3.06. The van der Waals surface area contributed by atoms with Crippen LogP contribution in [0.25, 0.3) is 0 Å². The van der Waals surface area contributed by atoms with Crippen LogP contribution < -0.4 is 11.1 Å². The van der Waals surface area contributed by atoms with Crippen LogP contribution in [0.4, 0.5) is 0 Å². The molecule has 1 heterocycles. The number of nitrogens with zero attached hydrogens (tertiary/aromatic N) is 1. The van der Waals surface area contributed by atoms with Gasteiger partial charge in [-0.2, -0.15) is 0 Å². The van der Waals surface area contributed by atoms with E-state index >= 15 is 0 Å². The highest BCUT2D eigenvalue weighted by Crippen LogP contribution is 2.18. The van der Waals surface area contributed by atoms with Crippen LogP contribution in [0.2, 0.25) is 0 Å². The predicted molar refractivity (Wildman–Crippen MR) is 58.8 cm³/mol. The van der Waals surface area contributed by atoms with E-state index in [-0.39, 0.29) is 18.0 Å². The highest BCUT2D eigenvalue weighted by molar-refractivity contribution is 5.79. The van der Waals surface area contributed by atoms with Crippen molar-refractivity contribution in [3.8, 4) is 0 Å². The zero-order chi connectivity index (χ0) is 11.7. The Morgan fingerprint density at radius 3 is 2.75 bits per heavy atom. The number of carbonyl (C=O) groups is 1. The molecule has 0 radical (unpaired) electrons. The Morgan fingerprint density at radius 2 is 2.25 bits per heavy atom. The molecule has 1 saturated carbocycles. The highest BCUT2D eigenvalue weighted by Gasteiger charge is 2.27. The fourth-order valence-electron chi connectivity index (χ4n) is 1.97. The molecule has 1 aliphatic carbocycles. The number of rotatable bonds is 3. The second-order valence-electron chi connectivity index (χ2n) is 4.48. The first kappa shape index (κ1) is 11.1. The molecule has 0 unspecified atom stereocenters. The number of aryl methyl sites for hydroxylation is 2. The number of aromatic nitrogens is 1. The average Bonchev–Trinajstić information content (AvgIpc) is 2.47. The van der Waals surface area contributed by atoms with E-state index in [2.05, 4.69) is 10.5 Å². The molecule has 2 rings (SSSR count). The Bertz CT molecular complexity index is 374. The molecule has 0 aliphatic heterocycles. The molecule has 1 aromatic heterocycles. The number of amides is 1. The van der Waals surface area contributed by atoms with E-state index in [0.29, 0.717) is 6.42 Å². The molecule has 0 spiro atoms. The van der Waals surface area contributed by atoms with Crippen LogP contribution in [0, 0.1) is 13.8 Å². The first-order chi connectivity index (χ1) is 7.56. The minimum atomic E-state index is 0.0197. The molecule has 1 fully saturated rings. The van der Waals surface area contributed by atoms with E-state index in [1.165, 1.54) is 0 Å². The molecule has 5 heteroatoms. The van der Waals surface area contributed by atoms with Crippen molar-refractivity contribution in [2.24, 2.45) is 5.73 Å². The van der Waals surface area contributed by atoms with Crippen LogP contribution in [0.5, 0.6) is 0 Å². The van der Waals surface area contributed by atoms with Crippen molar-refractivity contribution >= 4 is 5.91 Å². The summed E-state index contributed by atoms with van der Waals surface area (Å²) in [6.45, 7) is 3.67. The summed E-state index contributed by atoms with van der Waals surface area (Å²) in [5.74, 6) is 0.740. The van der Waals surface area contributed by atoms with Crippen molar-refractivity contribution in [2.45, 2.75) is 45.2 Å². The quantitative estimate of drug-likeness (QED) is 0.779. The second-order valence-corrected chi connectivity index (χ2v) is 4.48. The van der Waals surface area contributed by atoms with Crippen molar-refractivity contribution in [1.29, 1.82) is 0 Å². The summed E-state index contributed by atoms with van der Waals surface area (Å²) in [5, 5.41) is 6.77. The second kappa shape index (κ2) is 4.25. The van der Waals surface area contributed by atoms with E-state index in [1.54, 1.807) is 0 Å². The van der Waals surface area contributed by atoms with Gasteiger partial charge in [0, 0.05) is 17.6 Å². The molecular formula is C11H17N3O2. The fraction of sp³-hybridized carbons (Fsp3) is 0.636. The summed E-state index contributed by atoms with van der Waals surface area (Å²) in [7, 11) is 0. The third-order valence-corrected chi connectivity index (χ3v) is 3.06. The molecule has 16 heavy (non-hydrogen) atoms. The van der Waals surface area contributed by atoms with E-state index in [4.69, 9.17) is 10.3 Å². The van der Waals surface area contributed by atoms with Crippen LogP contribution >= 0.6 is 0 Å². The molecule has 0 atom stereocenters. The zero-order valence-corrected chi connectivity index (χ0v) is 9.62. The Morgan fingerprint density at radius 1 is 1.56 bits per heavy atom. The minimum absolute atomic E-state index is 0.0197. The minimum Gasteiger partial charge on any atom is -0.361 e. The maximum Gasteiger partial charge on any atom is 0.224 e. The predicted octanol–water partition coefficient (Wildman–Crippen LogP) is 0.440. The van der Waals surface area contributed by atoms with Crippen molar-refractivity contribution in [3.63, 3.8) is 0 Å². The lowest BCUT2D eigenvalue weighted by atomic mass is 9.87. The monoisotopic (exact) mass is 223 g/mol. The molecule has 0 aromatic carbocycles. The summed E-state index contributed by atoms with van der Waals surface area (Å²) in [6, 6.07) is 0.507. The average molecular weight is 223 g/mol. The first-order valence-electron chi connectivity index (χ1n) is 5.53. The van der Waals surface area contributed by atoms with E-state index in [1.807, 2.05) is 13.8 Å². The van der Waals surface area contributed by atoms with Crippen LogP contribution in [0.1, 0.15) is 29.9 Å². The molecule has 1 aliphatic rings. The summed E-state index contributed by atoms with van der Waals surface area (Å²) < 4.78 is 5.01. The third kappa shape index (κ3) is 2.24. The largest absolute Gasteiger partial charge is 0.361 e. The van der Waals surface area contributed by atoms with Gasteiger partial charge < -0.3 is 15.6 Å². The van der Waals surface area contributed by atoms with Gasteiger partial charge in [-0.3, -0.25) is 4.79 Å². The maximum atomic E-state index is 11.7. The maximum absolute atomic E-state index is 11.7. The molecule has 0 bridgehead atoms. The molecule has 1 amide bonds. The van der Waals surface area contributed by atoms with Gasteiger partial charge >= 0.3 is 0 Å². The van der Waals surface area contributed by atoms with Crippen LogP contribution in [-0.2, 0) is 11.2 Å². The molecule has 0 saturated heterocycles. The lowest BCUT2D eigenvalue weighted by Gasteiger charge is -2.32. The van der Waals surface area contributed by atoms with Crippen LogP contribution in [-0.4, -0.2) is 23.1 Å². The smallest absolute Gasteiger partial charge is 0.224 e. The number of hydrogen-bond donors (Lipinski definition) is 2. The van der Waals surface area contributed by atoms with E-state index in [9.17, 15) is 4.79 Å². The number of nitrogens with two attached hydrogens (primary N) is 1. The van der Waals surface area contributed by atoms with Crippen molar-refractivity contribution in [2.75, 3.05) is 0 Å². The fourth-order valence-corrected chi connectivity index (χ4v) is 1.97. The lowest BCUT2D eigenvalue weighted by Crippen LogP contribution is -2.50. The van der Waals surface area contributed by atoms with E-state index in [0.717, 1.165) is 29.9 Å². The topological polar surface area (TPSA) is 81.2 Å².